The average Bonchev–Trinajstić information content (AvgIpc) is 3.36. The summed E-state index contributed by atoms with van der Waals surface area (Å²) in [6.07, 6.45) is 9.90. The number of rotatable bonds is 5. The van der Waals surface area contributed by atoms with Gasteiger partial charge in [0.2, 0.25) is 0 Å². The Morgan fingerprint density at radius 1 is 0.902 bits per heavy atom. The molecule has 4 unspecified atom stereocenters. The van der Waals surface area contributed by atoms with E-state index in [1.165, 1.54) is 12.0 Å². The first-order valence-corrected chi connectivity index (χ1v) is 16.5. The Kier molecular flexibility index (Phi) is 7.14. The number of fused-ring (bicyclic) bond motifs is 7. The van der Waals surface area contributed by atoms with Gasteiger partial charge in [-0.1, -0.05) is 70.2 Å². The largest absolute Gasteiger partial charge is 0.460 e. The van der Waals surface area contributed by atoms with Crippen LogP contribution in [0.5, 0.6) is 0 Å². The minimum Gasteiger partial charge on any atom is -0.460 e. The van der Waals surface area contributed by atoms with Crippen LogP contribution in [0.15, 0.2) is 42.5 Å². The van der Waals surface area contributed by atoms with Crippen molar-refractivity contribution in [3.05, 3.63) is 48.0 Å². The second-order valence-electron chi connectivity index (χ2n) is 16.1. The van der Waals surface area contributed by atoms with Gasteiger partial charge in [-0.2, -0.15) is 0 Å². The fourth-order valence-electron chi connectivity index (χ4n) is 12.4. The third-order valence-electron chi connectivity index (χ3n) is 14.8. The van der Waals surface area contributed by atoms with Crippen molar-refractivity contribution in [2.75, 3.05) is 6.61 Å². The van der Waals surface area contributed by atoms with Crippen molar-refractivity contribution in [1.29, 1.82) is 0 Å². The van der Waals surface area contributed by atoms with E-state index in [0.29, 0.717) is 36.2 Å². The van der Waals surface area contributed by atoms with E-state index in [1.54, 1.807) is 0 Å². The summed E-state index contributed by atoms with van der Waals surface area (Å²) in [4.78, 5) is 14.2. The van der Waals surface area contributed by atoms with E-state index in [2.05, 4.69) is 41.2 Å². The molecule has 4 heteroatoms. The first-order chi connectivity index (χ1) is 19.4. The number of ether oxygens (including phenoxy) is 1. The normalized spacial score (nSPS) is 48.8. The van der Waals surface area contributed by atoms with Crippen LogP contribution in [0, 0.1) is 56.7 Å². The summed E-state index contributed by atoms with van der Waals surface area (Å²) in [5.41, 5.74) is 1.88. The summed E-state index contributed by atoms with van der Waals surface area (Å²) in [6, 6.07) is 10.1. The van der Waals surface area contributed by atoms with Gasteiger partial charge in [0, 0.05) is 5.41 Å². The van der Waals surface area contributed by atoms with Gasteiger partial charge >= 0.3 is 5.97 Å². The van der Waals surface area contributed by atoms with Gasteiger partial charge in [0.25, 0.3) is 0 Å². The van der Waals surface area contributed by atoms with Gasteiger partial charge in [-0.05, 0) is 123 Å². The summed E-state index contributed by atoms with van der Waals surface area (Å²) in [7, 11) is 0. The lowest BCUT2D eigenvalue weighted by molar-refractivity contribution is -0.254. The van der Waals surface area contributed by atoms with Crippen LogP contribution in [0.1, 0.15) is 104 Å². The lowest BCUT2D eigenvalue weighted by atomic mass is 9.32. The number of aliphatic hydroxyl groups excluding tert-OH is 2. The van der Waals surface area contributed by atoms with E-state index in [-0.39, 0.29) is 28.8 Å². The molecule has 6 rings (SSSR count). The van der Waals surface area contributed by atoms with Crippen LogP contribution in [-0.2, 0) is 16.1 Å². The van der Waals surface area contributed by atoms with Crippen LogP contribution >= 0.6 is 0 Å². The first-order valence-electron chi connectivity index (χ1n) is 16.5. The van der Waals surface area contributed by atoms with Crippen LogP contribution in [0.2, 0.25) is 0 Å². The lowest BCUT2D eigenvalue weighted by Crippen LogP contribution is -2.67. The molecule has 11 atom stereocenters. The van der Waals surface area contributed by atoms with Crippen molar-refractivity contribution < 1.29 is 19.7 Å². The number of carbonyl (C=O) groups is 1. The topological polar surface area (TPSA) is 66.8 Å². The fraction of sp³-hybridized carbons (Fsp3) is 0.757. The number of allylic oxidation sites excluding steroid dienone is 1. The second kappa shape index (κ2) is 9.94. The molecule has 1 aromatic carbocycles. The van der Waals surface area contributed by atoms with E-state index in [0.717, 1.165) is 63.4 Å². The quantitative estimate of drug-likeness (QED) is 0.285. The first kappa shape index (κ1) is 29.4. The highest BCUT2D eigenvalue weighted by atomic mass is 16.5. The number of benzene rings is 1. The summed E-state index contributed by atoms with van der Waals surface area (Å²) in [6.45, 7) is 16.9. The summed E-state index contributed by atoms with van der Waals surface area (Å²) in [5.74, 6) is 2.08. The smallest absolute Gasteiger partial charge is 0.312 e. The van der Waals surface area contributed by atoms with E-state index in [9.17, 15) is 15.0 Å². The molecule has 5 aliphatic rings. The number of aliphatic hydroxyl groups is 2. The minimum absolute atomic E-state index is 0.0279. The van der Waals surface area contributed by atoms with Gasteiger partial charge in [0.1, 0.15) is 6.61 Å². The monoisotopic (exact) mass is 562 g/mol. The Morgan fingerprint density at radius 3 is 2.32 bits per heavy atom. The molecule has 0 saturated heterocycles. The van der Waals surface area contributed by atoms with Gasteiger partial charge in [0.15, 0.2) is 0 Å². The highest BCUT2D eigenvalue weighted by Gasteiger charge is 2.72. The van der Waals surface area contributed by atoms with Crippen LogP contribution in [0.4, 0.5) is 0 Å². The molecule has 0 radical (unpaired) electrons. The van der Waals surface area contributed by atoms with Crippen LogP contribution < -0.4 is 0 Å². The zero-order valence-electron chi connectivity index (χ0n) is 26.3. The average molecular weight is 563 g/mol. The van der Waals surface area contributed by atoms with Crippen LogP contribution in [-0.4, -0.2) is 28.9 Å². The van der Waals surface area contributed by atoms with Gasteiger partial charge in [0.05, 0.1) is 18.1 Å². The number of carbonyl (C=O) groups excluding carboxylic acids is 1. The van der Waals surface area contributed by atoms with Gasteiger partial charge in [-0.3, -0.25) is 4.79 Å². The Bertz CT molecular complexity index is 1180. The highest BCUT2D eigenvalue weighted by Crippen LogP contribution is 2.77. The third-order valence-corrected chi connectivity index (χ3v) is 14.8. The molecule has 0 heterocycles. The Balaban J connectivity index is 1.34. The van der Waals surface area contributed by atoms with Crippen molar-refractivity contribution in [3.63, 3.8) is 0 Å². The van der Waals surface area contributed by atoms with Crippen LogP contribution in [0.3, 0.4) is 0 Å². The number of esters is 1. The maximum absolute atomic E-state index is 14.2. The molecule has 5 aliphatic carbocycles. The molecular weight excluding hydrogens is 508 g/mol. The molecule has 0 bridgehead atoms. The van der Waals surface area contributed by atoms with Crippen molar-refractivity contribution in [3.8, 4) is 0 Å². The molecule has 41 heavy (non-hydrogen) atoms. The molecule has 226 valence electrons. The standard InChI is InChI=1S/C37H54O4/c1-24(2)26-14-19-37(32(40)41-22-25-10-8-7-9-11-25)21-20-35(5)27(31(26)37)12-13-29-33(3)17-16-30(39)34(4,23-38)28(33)15-18-36(29,35)6/h7-11,26-31,38-39H,1,12-23H2,2-6H3/t26?,27?,28-,29?,30+,31?,33+,34+,35-,36-,37+/m1/s1. The molecule has 0 amide bonds. The maximum Gasteiger partial charge on any atom is 0.312 e. The van der Waals surface area contributed by atoms with Crippen molar-refractivity contribution in [1.82, 2.24) is 0 Å². The molecule has 5 fully saturated rings. The third kappa shape index (κ3) is 3.94. The zero-order valence-corrected chi connectivity index (χ0v) is 26.3. The van der Waals surface area contributed by atoms with Crippen LogP contribution in [0.25, 0.3) is 0 Å². The molecule has 0 aromatic heterocycles. The molecular formula is C37H54O4. The lowest BCUT2D eigenvalue weighted by Gasteiger charge is -2.72. The fourth-order valence-corrected chi connectivity index (χ4v) is 12.4. The second-order valence-corrected chi connectivity index (χ2v) is 16.1. The predicted molar refractivity (Wildman–Crippen MR) is 163 cm³/mol. The van der Waals surface area contributed by atoms with Gasteiger partial charge in [-0.25, -0.2) is 0 Å². The molecule has 5 saturated carbocycles. The zero-order chi connectivity index (χ0) is 29.4. The molecule has 4 nitrogen and oxygen atoms in total. The summed E-state index contributed by atoms with van der Waals surface area (Å²) < 4.78 is 6.16. The molecule has 2 N–H and O–H groups in total. The Labute approximate surface area is 248 Å². The highest BCUT2D eigenvalue weighted by molar-refractivity contribution is 5.78. The Hall–Kier alpha value is -1.65. The molecule has 0 spiro atoms. The number of hydrogen-bond donors (Lipinski definition) is 2. The summed E-state index contributed by atoms with van der Waals surface area (Å²) >= 11 is 0. The van der Waals surface area contributed by atoms with Gasteiger partial charge in [-0.15, -0.1) is 0 Å². The van der Waals surface area contributed by atoms with E-state index in [4.69, 9.17) is 4.74 Å². The van der Waals surface area contributed by atoms with E-state index >= 15 is 0 Å². The van der Waals surface area contributed by atoms with E-state index in [1.807, 2.05) is 30.3 Å². The van der Waals surface area contributed by atoms with Crippen molar-refractivity contribution >= 4 is 5.97 Å². The van der Waals surface area contributed by atoms with Crippen molar-refractivity contribution in [2.45, 2.75) is 112 Å². The predicted octanol–water partition coefficient (Wildman–Crippen LogP) is 7.72. The summed E-state index contributed by atoms with van der Waals surface area (Å²) in [5, 5.41) is 21.6. The van der Waals surface area contributed by atoms with E-state index < -0.39 is 16.9 Å². The SMILES string of the molecule is C=C(C)C1CC[C@]2(C(=O)OCc3ccccc3)CC[C@]3(C)C(CCC4[C@@]5(C)CC[C@H](O)[C@@](C)(CO)[C@@H]5CC[C@]43C)C12. The minimum atomic E-state index is -0.424. The molecule has 0 aliphatic heterocycles. The Morgan fingerprint density at radius 2 is 1.63 bits per heavy atom. The van der Waals surface area contributed by atoms with Crippen molar-refractivity contribution in [2.24, 2.45) is 56.7 Å². The maximum atomic E-state index is 14.2. The van der Waals surface area contributed by atoms with Gasteiger partial charge < -0.3 is 14.9 Å². The number of hydrogen-bond acceptors (Lipinski definition) is 4. The molecule has 1 aromatic rings.